The van der Waals surface area contributed by atoms with Crippen molar-refractivity contribution in [2.45, 2.75) is 18.9 Å². The molecule has 2 N–H and O–H groups in total. The van der Waals surface area contributed by atoms with Gasteiger partial charge in [0.15, 0.2) is 0 Å². The van der Waals surface area contributed by atoms with Crippen molar-refractivity contribution in [2.75, 3.05) is 30.8 Å². The van der Waals surface area contributed by atoms with Crippen LogP contribution in [0.1, 0.15) is 12.8 Å². The van der Waals surface area contributed by atoms with E-state index >= 15 is 0 Å². The van der Waals surface area contributed by atoms with Gasteiger partial charge in [-0.05, 0) is 25.0 Å². The standard InChI is InChI=1S/C11H17N3O/c1-15-9-4-3-7-14(8-9)11-6-2-5-10(12)13-11/h2,5-6,9H,3-4,7-8H2,1H3,(H2,12,13). The fraction of sp³-hybridized carbons (Fsp3) is 0.545. The first-order chi connectivity index (χ1) is 7.29. The van der Waals surface area contributed by atoms with Crippen molar-refractivity contribution in [3.05, 3.63) is 18.2 Å². The second kappa shape index (κ2) is 4.49. The molecule has 2 rings (SSSR count). The summed E-state index contributed by atoms with van der Waals surface area (Å²) in [6.45, 7) is 1.95. The van der Waals surface area contributed by atoms with Crippen molar-refractivity contribution in [2.24, 2.45) is 0 Å². The van der Waals surface area contributed by atoms with E-state index in [-0.39, 0.29) is 0 Å². The number of ether oxygens (including phenoxy) is 1. The van der Waals surface area contributed by atoms with Crippen LogP contribution in [0.25, 0.3) is 0 Å². The van der Waals surface area contributed by atoms with Gasteiger partial charge in [0.1, 0.15) is 11.6 Å². The second-order valence-electron chi connectivity index (χ2n) is 3.87. The fourth-order valence-corrected chi connectivity index (χ4v) is 1.95. The maximum Gasteiger partial charge on any atom is 0.131 e. The number of hydrogen-bond donors (Lipinski definition) is 1. The minimum absolute atomic E-state index is 0.321. The van der Waals surface area contributed by atoms with E-state index in [1.807, 2.05) is 12.1 Å². The third kappa shape index (κ3) is 2.39. The predicted octanol–water partition coefficient (Wildman–Crippen LogP) is 1.28. The molecule has 0 saturated carbocycles. The quantitative estimate of drug-likeness (QED) is 0.793. The summed E-state index contributed by atoms with van der Waals surface area (Å²) in [6, 6.07) is 5.74. The molecule has 1 saturated heterocycles. The molecule has 4 heteroatoms. The number of nitrogens with two attached hydrogens (primary N) is 1. The minimum Gasteiger partial charge on any atom is -0.384 e. The summed E-state index contributed by atoms with van der Waals surface area (Å²) in [4.78, 5) is 6.54. The molecule has 1 fully saturated rings. The maximum atomic E-state index is 5.66. The summed E-state index contributed by atoms with van der Waals surface area (Å²) in [5, 5.41) is 0. The minimum atomic E-state index is 0.321. The Labute approximate surface area is 90.0 Å². The molecule has 82 valence electrons. The predicted molar refractivity (Wildman–Crippen MR) is 60.9 cm³/mol. The van der Waals surface area contributed by atoms with Gasteiger partial charge in [-0.25, -0.2) is 4.98 Å². The van der Waals surface area contributed by atoms with E-state index in [9.17, 15) is 0 Å². The molecule has 0 aliphatic carbocycles. The van der Waals surface area contributed by atoms with E-state index in [2.05, 4.69) is 9.88 Å². The number of hydrogen-bond acceptors (Lipinski definition) is 4. The number of nitrogens with zero attached hydrogens (tertiary/aromatic N) is 2. The zero-order valence-electron chi connectivity index (χ0n) is 9.02. The van der Waals surface area contributed by atoms with Crippen molar-refractivity contribution in [1.29, 1.82) is 0 Å². The van der Waals surface area contributed by atoms with Gasteiger partial charge in [0.25, 0.3) is 0 Å². The van der Waals surface area contributed by atoms with Crippen LogP contribution < -0.4 is 10.6 Å². The van der Waals surface area contributed by atoms with Gasteiger partial charge in [-0.2, -0.15) is 0 Å². The van der Waals surface area contributed by atoms with Gasteiger partial charge in [-0.3, -0.25) is 0 Å². The molecule has 1 aliphatic rings. The molecule has 15 heavy (non-hydrogen) atoms. The first-order valence-electron chi connectivity index (χ1n) is 5.30. The average Bonchev–Trinajstić information content (AvgIpc) is 2.29. The van der Waals surface area contributed by atoms with Gasteiger partial charge in [-0.15, -0.1) is 0 Å². The molecular weight excluding hydrogens is 190 g/mol. The summed E-state index contributed by atoms with van der Waals surface area (Å²) in [5.41, 5.74) is 5.66. The zero-order valence-corrected chi connectivity index (χ0v) is 9.02. The summed E-state index contributed by atoms with van der Waals surface area (Å²) < 4.78 is 5.37. The number of nitrogen functional groups attached to an aromatic ring is 1. The lowest BCUT2D eigenvalue weighted by atomic mass is 10.1. The van der Waals surface area contributed by atoms with Crippen molar-refractivity contribution < 1.29 is 4.74 Å². The zero-order chi connectivity index (χ0) is 10.7. The van der Waals surface area contributed by atoms with Crippen LogP contribution in [-0.4, -0.2) is 31.3 Å². The third-order valence-corrected chi connectivity index (χ3v) is 2.79. The van der Waals surface area contributed by atoms with Gasteiger partial charge >= 0.3 is 0 Å². The molecule has 0 amide bonds. The van der Waals surface area contributed by atoms with Crippen LogP contribution in [0.2, 0.25) is 0 Å². The monoisotopic (exact) mass is 207 g/mol. The normalized spacial score (nSPS) is 21.7. The molecule has 0 spiro atoms. The highest BCUT2D eigenvalue weighted by atomic mass is 16.5. The largest absolute Gasteiger partial charge is 0.384 e. The van der Waals surface area contributed by atoms with E-state index in [0.29, 0.717) is 11.9 Å². The first kappa shape index (κ1) is 10.2. The molecule has 1 atom stereocenters. The van der Waals surface area contributed by atoms with Crippen molar-refractivity contribution >= 4 is 11.6 Å². The summed E-state index contributed by atoms with van der Waals surface area (Å²) >= 11 is 0. The van der Waals surface area contributed by atoms with E-state index in [1.165, 1.54) is 0 Å². The topological polar surface area (TPSA) is 51.4 Å². The Hall–Kier alpha value is -1.29. The Bertz CT molecular complexity index is 329. The van der Waals surface area contributed by atoms with E-state index in [1.54, 1.807) is 13.2 Å². The molecule has 2 heterocycles. The molecule has 1 aromatic heterocycles. The Morgan fingerprint density at radius 3 is 3.13 bits per heavy atom. The van der Waals surface area contributed by atoms with Crippen molar-refractivity contribution in [3.63, 3.8) is 0 Å². The smallest absolute Gasteiger partial charge is 0.131 e. The molecule has 1 aromatic rings. The first-order valence-corrected chi connectivity index (χ1v) is 5.30. The number of piperidine rings is 1. The molecule has 1 unspecified atom stereocenters. The average molecular weight is 207 g/mol. The number of rotatable bonds is 2. The molecule has 0 radical (unpaired) electrons. The van der Waals surface area contributed by atoms with Gasteiger partial charge in [0.2, 0.25) is 0 Å². The highest BCUT2D eigenvalue weighted by Gasteiger charge is 2.20. The van der Waals surface area contributed by atoms with Gasteiger partial charge < -0.3 is 15.4 Å². The molecule has 1 aliphatic heterocycles. The summed E-state index contributed by atoms with van der Waals surface area (Å²) in [6.07, 6.45) is 2.60. The van der Waals surface area contributed by atoms with Crippen LogP contribution in [0.4, 0.5) is 11.6 Å². The van der Waals surface area contributed by atoms with Gasteiger partial charge in [-0.1, -0.05) is 6.07 Å². The number of aromatic nitrogens is 1. The van der Waals surface area contributed by atoms with Crippen molar-refractivity contribution in [3.8, 4) is 0 Å². The van der Waals surface area contributed by atoms with E-state index in [0.717, 1.165) is 31.7 Å². The SMILES string of the molecule is COC1CCCN(c2cccc(N)n2)C1. The van der Waals surface area contributed by atoms with Crippen LogP contribution >= 0.6 is 0 Å². The molecule has 0 aromatic carbocycles. The van der Waals surface area contributed by atoms with Crippen molar-refractivity contribution in [1.82, 2.24) is 4.98 Å². The number of methoxy groups -OCH3 is 1. The molecular formula is C11H17N3O. The van der Waals surface area contributed by atoms with Crippen LogP contribution in [0.5, 0.6) is 0 Å². The Morgan fingerprint density at radius 2 is 2.40 bits per heavy atom. The Kier molecular flexibility index (Phi) is 3.06. The summed E-state index contributed by atoms with van der Waals surface area (Å²) in [7, 11) is 1.76. The molecule has 4 nitrogen and oxygen atoms in total. The second-order valence-corrected chi connectivity index (χ2v) is 3.87. The lowest BCUT2D eigenvalue weighted by molar-refractivity contribution is 0.0891. The van der Waals surface area contributed by atoms with Crippen LogP contribution in [-0.2, 0) is 4.74 Å². The van der Waals surface area contributed by atoms with Crippen LogP contribution in [0.15, 0.2) is 18.2 Å². The lowest BCUT2D eigenvalue weighted by Gasteiger charge is -2.32. The van der Waals surface area contributed by atoms with E-state index in [4.69, 9.17) is 10.5 Å². The van der Waals surface area contributed by atoms with Crippen LogP contribution in [0.3, 0.4) is 0 Å². The van der Waals surface area contributed by atoms with Gasteiger partial charge in [0.05, 0.1) is 6.10 Å². The third-order valence-electron chi connectivity index (χ3n) is 2.79. The maximum absolute atomic E-state index is 5.66. The highest BCUT2D eigenvalue weighted by molar-refractivity contribution is 5.45. The Balaban J connectivity index is 2.09. The number of anilines is 2. The lowest BCUT2D eigenvalue weighted by Crippen LogP contribution is -2.39. The highest BCUT2D eigenvalue weighted by Crippen LogP contribution is 2.19. The summed E-state index contributed by atoms with van der Waals surface area (Å²) in [5.74, 6) is 1.53. The van der Waals surface area contributed by atoms with E-state index < -0.39 is 0 Å². The van der Waals surface area contributed by atoms with Crippen LogP contribution in [0, 0.1) is 0 Å². The Morgan fingerprint density at radius 1 is 1.53 bits per heavy atom. The van der Waals surface area contributed by atoms with Gasteiger partial charge in [0, 0.05) is 20.2 Å². The fourth-order valence-electron chi connectivity index (χ4n) is 1.95. The molecule has 0 bridgehead atoms. The number of pyridine rings is 1.